The maximum absolute atomic E-state index is 12.0. The molecule has 0 bridgehead atoms. The Morgan fingerprint density at radius 3 is 2.77 bits per heavy atom. The average molecular weight is 327 g/mol. The molecule has 1 saturated carbocycles. The highest BCUT2D eigenvalue weighted by atomic mass is 35.5. The molecular formula is C16H23ClN2O3. The third kappa shape index (κ3) is 5.00. The first-order valence-electron chi connectivity index (χ1n) is 7.42. The monoisotopic (exact) mass is 326 g/mol. The molecule has 22 heavy (non-hydrogen) atoms. The van der Waals surface area contributed by atoms with Crippen molar-refractivity contribution in [3.8, 4) is 0 Å². The van der Waals surface area contributed by atoms with Crippen LogP contribution < -0.4 is 11.1 Å². The van der Waals surface area contributed by atoms with Crippen molar-refractivity contribution >= 4 is 30.0 Å². The number of hydrogen-bond acceptors (Lipinski definition) is 4. The normalized spacial score (nSPS) is 20.1. The Morgan fingerprint density at radius 2 is 2.14 bits per heavy atom. The highest BCUT2D eigenvalue weighted by molar-refractivity contribution is 5.94. The van der Waals surface area contributed by atoms with E-state index >= 15 is 0 Å². The minimum absolute atomic E-state index is 0. The summed E-state index contributed by atoms with van der Waals surface area (Å²) in [6.45, 7) is 2.09. The van der Waals surface area contributed by atoms with Crippen LogP contribution in [0, 0.1) is 5.92 Å². The third-order valence-corrected chi connectivity index (χ3v) is 3.82. The van der Waals surface area contributed by atoms with Gasteiger partial charge in [-0.2, -0.15) is 0 Å². The summed E-state index contributed by atoms with van der Waals surface area (Å²) >= 11 is 0. The molecule has 1 aromatic carbocycles. The second-order valence-corrected chi connectivity index (χ2v) is 5.41. The molecule has 1 fully saturated rings. The molecule has 3 N–H and O–H groups in total. The number of benzene rings is 1. The van der Waals surface area contributed by atoms with Gasteiger partial charge in [-0.05, 0) is 43.9 Å². The van der Waals surface area contributed by atoms with E-state index in [1.807, 2.05) is 0 Å². The van der Waals surface area contributed by atoms with Gasteiger partial charge in [0, 0.05) is 18.2 Å². The molecule has 0 aliphatic heterocycles. The predicted octanol–water partition coefficient (Wildman–Crippen LogP) is 2.74. The number of halogens is 1. The minimum atomic E-state index is -0.383. The highest BCUT2D eigenvalue weighted by Crippen LogP contribution is 2.27. The fraction of sp³-hybridized carbons (Fsp3) is 0.500. The van der Waals surface area contributed by atoms with E-state index in [4.69, 9.17) is 10.5 Å². The van der Waals surface area contributed by atoms with Gasteiger partial charge in [-0.15, -0.1) is 12.4 Å². The van der Waals surface area contributed by atoms with Crippen LogP contribution in [-0.4, -0.2) is 24.5 Å². The molecule has 6 heteroatoms. The molecule has 2 atom stereocenters. The number of amides is 1. The number of carbonyl (C=O) groups excluding carboxylic acids is 2. The largest absolute Gasteiger partial charge is 0.462 e. The van der Waals surface area contributed by atoms with Gasteiger partial charge in [0.1, 0.15) is 0 Å². The first-order chi connectivity index (χ1) is 10.1. The molecule has 0 aromatic heterocycles. The summed E-state index contributed by atoms with van der Waals surface area (Å²) in [5, 5.41) is 2.82. The predicted molar refractivity (Wildman–Crippen MR) is 88.2 cm³/mol. The Bertz CT molecular complexity index is 522. The second-order valence-electron chi connectivity index (χ2n) is 5.41. The van der Waals surface area contributed by atoms with Crippen LogP contribution in [0.4, 0.5) is 5.69 Å². The quantitative estimate of drug-likeness (QED) is 0.815. The minimum Gasteiger partial charge on any atom is -0.462 e. The average Bonchev–Trinajstić information content (AvgIpc) is 2.84. The molecule has 0 heterocycles. The van der Waals surface area contributed by atoms with Crippen molar-refractivity contribution in [2.24, 2.45) is 11.7 Å². The maximum atomic E-state index is 12.0. The maximum Gasteiger partial charge on any atom is 0.338 e. The van der Waals surface area contributed by atoms with Crippen LogP contribution in [0.5, 0.6) is 0 Å². The molecule has 1 aliphatic rings. The van der Waals surface area contributed by atoms with Crippen LogP contribution in [0.2, 0.25) is 0 Å². The number of nitrogens with two attached hydrogens (primary N) is 1. The van der Waals surface area contributed by atoms with Crippen LogP contribution >= 0.6 is 12.4 Å². The smallest absolute Gasteiger partial charge is 0.338 e. The van der Waals surface area contributed by atoms with Gasteiger partial charge in [-0.25, -0.2) is 4.79 Å². The van der Waals surface area contributed by atoms with Gasteiger partial charge in [0.25, 0.3) is 0 Å². The molecule has 1 aromatic rings. The van der Waals surface area contributed by atoms with Crippen LogP contribution in [0.1, 0.15) is 43.0 Å². The molecule has 1 aliphatic carbocycles. The topological polar surface area (TPSA) is 81.4 Å². The van der Waals surface area contributed by atoms with E-state index in [0.29, 0.717) is 24.3 Å². The first-order valence-corrected chi connectivity index (χ1v) is 7.42. The van der Waals surface area contributed by atoms with Crippen LogP contribution in [0.25, 0.3) is 0 Å². The Hall–Kier alpha value is -1.59. The molecule has 2 rings (SSSR count). The van der Waals surface area contributed by atoms with E-state index in [-0.39, 0.29) is 36.2 Å². The first kappa shape index (κ1) is 18.5. The van der Waals surface area contributed by atoms with E-state index in [1.165, 1.54) is 0 Å². The molecule has 0 saturated heterocycles. The zero-order valence-corrected chi connectivity index (χ0v) is 13.5. The number of hydrogen-bond donors (Lipinski definition) is 2. The summed E-state index contributed by atoms with van der Waals surface area (Å²) in [6, 6.07) is 6.91. The Balaban J connectivity index is 0.00000242. The number of ether oxygens (including phenoxy) is 1. The van der Waals surface area contributed by atoms with Crippen molar-refractivity contribution in [2.75, 3.05) is 11.9 Å². The number of anilines is 1. The van der Waals surface area contributed by atoms with Crippen LogP contribution in [0.15, 0.2) is 24.3 Å². The van der Waals surface area contributed by atoms with Crippen molar-refractivity contribution in [3.05, 3.63) is 29.8 Å². The molecule has 5 nitrogen and oxygen atoms in total. The molecule has 0 spiro atoms. The summed E-state index contributed by atoms with van der Waals surface area (Å²) < 4.78 is 4.94. The number of nitrogens with one attached hydrogen (secondary N) is 1. The van der Waals surface area contributed by atoms with Gasteiger partial charge in [0.2, 0.25) is 5.91 Å². The zero-order valence-electron chi connectivity index (χ0n) is 12.7. The fourth-order valence-electron chi connectivity index (χ4n) is 2.71. The van der Waals surface area contributed by atoms with Gasteiger partial charge in [0.05, 0.1) is 12.2 Å². The summed E-state index contributed by atoms with van der Waals surface area (Å²) in [6.07, 6.45) is 3.54. The van der Waals surface area contributed by atoms with Gasteiger partial charge in [-0.1, -0.05) is 12.5 Å². The lowest BCUT2D eigenvalue weighted by molar-refractivity contribution is -0.117. The molecule has 0 unspecified atom stereocenters. The van der Waals surface area contributed by atoms with Gasteiger partial charge in [-0.3, -0.25) is 4.79 Å². The second kappa shape index (κ2) is 8.76. The lowest BCUT2D eigenvalue weighted by atomic mass is 10.00. The molecule has 1 amide bonds. The van der Waals surface area contributed by atoms with Crippen LogP contribution in [-0.2, 0) is 9.53 Å². The van der Waals surface area contributed by atoms with E-state index in [2.05, 4.69) is 5.32 Å². The van der Waals surface area contributed by atoms with E-state index in [1.54, 1.807) is 31.2 Å². The standard InChI is InChI=1S/C16H22N2O3.ClH/c1-2-21-16(20)12-6-3-7-13(9-12)18-15(19)10-11-5-4-8-14(11)17;/h3,6-7,9,11,14H,2,4-5,8,10,17H2,1H3,(H,18,19);1H/t11-,14+;/m0./s1. The Kier molecular flexibility index (Phi) is 7.35. The fourth-order valence-corrected chi connectivity index (χ4v) is 2.71. The van der Waals surface area contributed by atoms with E-state index < -0.39 is 0 Å². The Morgan fingerprint density at radius 1 is 1.36 bits per heavy atom. The lowest BCUT2D eigenvalue weighted by Gasteiger charge is -2.15. The lowest BCUT2D eigenvalue weighted by Crippen LogP contribution is -2.28. The zero-order chi connectivity index (χ0) is 15.2. The molecular weight excluding hydrogens is 304 g/mol. The van der Waals surface area contributed by atoms with Crippen molar-refractivity contribution in [2.45, 2.75) is 38.6 Å². The van der Waals surface area contributed by atoms with Crippen molar-refractivity contribution in [1.82, 2.24) is 0 Å². The van der Waals surface area contributed by atoms with Gasteiger partial charge < -0.3 is 15.8 Å². The summed E-state index contributed by atoms with van der Waals surface area (Å²) in [5.74, 6) is -0.178. The van der Waals surface area contributed by atoms with E-state index in [9.17, 15) is 9.59 Å². The SMILES string of the molecule is CCOC(=O)c1cccc(NC(=O)C[C@@H]2CCC[C@H]2N)c1.Cl. The molecule has 0 radical (unpaired) electrons. The number of esters is 1. The van der Waals surface area contributed by atoms with Gasteiger partial charge in [0.15, 0.2) is 0 Å². The van der Waals surface area contributed by atoms with Crippen molar-refractivity contribution in [1.29, 1.82) is 0 Å². The van der Waals surface area contributed by atoms with Crippen LogP contribution in [0.3, 0.4) is 0 Å². The highest BCUT2D eigenvalue weighted by Gasteiger charge is 2.26. The summed E-state index contributed by atoms with van der Waals surface area (Å²) in [7, 11) is 0. The molecule has 122 valence electrons. The van der Waals surface area contributed by atoms with Gasteiger partial charge >= 0.3 is 5.97 Å². The Labute approximate surface area is 137 Å². The number of carbonyl (C=O) groups is 2. The number of rotatable bonds is 5. The third-order valence-electron chi connectivity index (χ3n) is 3.82. The van der Waals surface area contributed by atoms with Crippen molar-refractivity contribution in [3.63, 3.8) is 0 Å². The van der Waals surface area contributed by atoms with E-state index in [0.717, 1.165) is 19.3 Å². The summed E-state index contributed by atoms with van der Waals surface area (Å²) in [5.41, 5.74) is 7.02. The van der Waals surface area contributed by atoms with Crippen molar-refractivity contribution < 1.29 is 14.3 Å². The summed E-state index contributed by atoms with van der Waals surface area (Å²) in [4.78, 5) is 23.7.